The molecule has 0 radical (unpaired) electrons. The van der Waals surface area contributed by atoms with Crippen LogP contribution in [0.15, 0.2) is 24.3 Å². The van der Waals surface area contributed by atoms with Crippen LogP contribution in [-0.2, 0) is 6.42 Å². The van der Waals surface area contributed by atoms with Crippen molar-refractivity contribution in [3.05, 3.63) is 29.8 Å². The summed E-state index contributed by atoms with van der Waals surface area (Å²) in [5.74, 6) is 0. The molecular formula is C10H14N2. The van der Waals surface area contributed by atoms with Gasteiger partial charge in [0.05, 0.1) is 5.69 Å². The molecule has 0 aromatic heterocycles. The van der Waals surface area contributed by atoms with Gasteiger partial charge in [0.1, 0.15) is 0 Å². The highest BCUT2D eigenvalue weighted by Crippen LogP contribution is 2.27. The molecule has 0 aliphatic carbocycles. The van der Waals surface area contributed by atoms with Gasteiger partial charge in [-0.1, -0.05) is 18.2 Å². The van der Waals surface area contributed by atoms with Gasteiger partial charge in [-0.2, -0.15) is 0 Å². The van der Waals surface area contributed by atoms with Crippen LogP contribution in [0.2, 0.25) is 0 Å². The number of anilines is 1. The quantitative estimate of drug-likeness (QED) is 0.618. The summed E-state index contributed by atoms with van der Waals surface area (Å²) >= 11 is 0. The van der Waals surface area contributed by atoms with Gasteiger partial charge in [0.25, 0.3) is 0 Å². The smallest absolute Gasteiger partial charge is 0.0554 e. The van der Waals surface area contributed by atoms with Crippen LogP contribution in [0.1, 0.15) is 5.56 Å². The molecule has 1 aromatic rings. The molecule has 0 saturated heterocycles. The summed E-state index contributed by atoms with van der Waals surface area (Å²) in [5.41, 5.74) is 2.83. The topological polar surface area (TPSA) is 6.48 Å². The van der Waals surface area contributed by atoms with Crippen molar-refractivity contribution in [3.63, 3.8) is 0 Å². The molecule has 0 amide bonds. The Morgan fingerprint density at radius 2 is 2.00 bits per heavy atom. The van der Waals surface area contributed by atoms with Gasteiger partial charge in [-0.3, -0.25) is 0 Å². The van der Waals surface area contributed by atoms with Gasteiger partial charge in [-0.15, -0.1) is 0 Å². The number of para-hydroxylation sites is 1. The van der Waals surface area contributed by atoms with Crippen molar-refractivity contribution in [2.45, 2.75) is 6.42 Å². The number of fused-ring (bicyclic) bond motifs is 1. The van der Waals surface area contributed by atoms with Gasteiger partial charge >= 0.3 is 0 Å². The maximum Gasteiger partial charge on any atom is 0.0554 e. The summed E-state index contributed by atoms with van der Waals surface area (Å²) in [6.07, 6.45) is 1.17. The number of hydrogen-bond acceptors (Lipinski definition) is 2. The second kappa shape index (κ2) is 2.79. The average molecular weight is 162 g/mol. The molecule has 1 aromatic carbocycles. The Hall–Kier alpha value is -1.02. The molecule has 12 heavy (non-hydrogen) atoms. The first-order chi connectivity index (χ1) is 5.79. The van der Waals surface area contributed by atoms with E-state index in [0.29, 0.717) is 0 Å². The second-order valence-corrected chi connectivity index (χ2v) is 3.35. The van der Waals surface area contributed by atoms with Gasteiger partial charge < -0.3 is 5.01 Å². The SMILES string of the molecule is CN(C)N1CCc2ccccc21. The summed E-state index contributed by atoms with van der Waals surface area (Å²) in [6, 6.07) is 8.60. The average Bonchev–Trinajstić information content (AvgIpc) is 2.47. The number of nitrogens with zero attached hydrogens (tertiary/aromatic N) is 2. The van der Waals surface area contributed by atoms with Crippen molar-refractivity contribution in [1.29, 1.82) is 0 Å². The molecule has 0 saturated carbocycles. The first-order valence-corrected chi connectivity index (χ1v) is 4.32. The van der Waals surface area contributed by atoms with E-state index < -0.39 is 0 Å². The molecule has 0 N–H and O–H groups in total. The van der Waals surface area contributed by atoms with Crippen LogP contribution in [0, 0.1) is 0 Å². The van der Waals surface area contributed by atoms with Crippen LogP contribution < -0.4 is 5.01 Å². The van der Waals surface area contributed by atoms with Crippen LogP contribution in [0.5, 0.6) is 0 Å². The van der Waals surface area contributed by atoms with E-state index in [9.17, 15) is 0 Å². The largest absolute Gasteiger partial charge is 0.306 e. The summed E-state index contributed by atoms with van der Waals surface area (Å²) in [4.78, 5) is 0. The van der Waals surface area contributed by atoms with E-state index in [1.54, 1.807) is 0 Å². The molecule has 64 valence electrons. The van der Waals surface area contributed by atoms with E-state index in [4.69, 9.17) is 0 Å². The lowest BCUT2D eigenvalue weighted by atomic mass is 10.2. The van der Waals surface area contributed by atoms with E-state index in [2.05, 4.69) is 48.4 Å². The second-order valence-electron chi connectivity index (χ2n) is 3.35. The minimum Gasteiger partial charge on any atom is -0.306 e. The number of benzene rings is 1. The van der Waals surface area contributed by atoms with Crippen LogP contribution in [-0.4, -0.2) is 25.6 Å². The van der Waals surface area contributed by atoms with Crippen molar-refractivity contribution >= 4 is 5.69 Å². The Labute approximate surface area is 73.4 Å². The lowest BCUT2D eigenvalue weighted by Crippen LogP contribution is -2.35. The molecule has 0 fully saturated rings. The molecule has 0 atom stereocenters. The molecule has 2 rings (SSSR count). The monoisotopic (exact) mass is 162 g/mol. The minimum absolute atomic E-state index is 1.12. The molecular weight excluding hydrogens is 148 g/mol. The lowest BCUT2D eigenvalue weighted by molar-refractivity contribution is 0.381. The van der Waals surface area contributed by atoms with Gasteiger partial charge in [0.2, 0.25) is 0 Å². The van der Waals surface area contributed by atoms with E-state index >= 15 is 0 Å². The fourth-order valence-corrected chi connectivity index (χ4v) is 1.74. The zero-order valence-corrected chi connectivity index (χ0v) is 7.62. The third-order valence-electron chi connectivity index (χ3n) is 2.35. The summed E-state index contributed by atoms with van der Waals surface area (Å²) < 4.78 is 0. The molecule has 1 heterocycles. The molecule has 0 unspecified atom stereocenters. The van der Waals surface area contributed by atoms with E-state index in [1.165, 1.54) is 17.7 Å². The van der Waals surface area contributed by atoms with Gasteiger partial charge in [0, 0.05) is 20.6 Å². The van der Waals surface area contributed by atoms with Crippen LogP contribution in [0.4, 0.5) is 5.69 Å². The first-order valence-electron chi connectivity index (χ1n) is 4.32. The first kappa shape index (κ1) is 7.62. The Morgan fingerprint density at radius 1 is 1.25 bits per heavy atom. The van der Waals surface area contributed by atoms with Crippen molar-refractivity contribution in [3.8, 4) is 0 Å². The Bertz CT molecular complexity index is 281. The van der Waals surface area contributed by atoms with Crippen molar-refractivity contribution in [2.24, 2.45) is 0 Å². The molecule has 1 aliphatic rings. The normalized spacial score (nSPS) is 15.4. The minimum atomic E-state index is 1.12. The molecule has 0 spiro atoms. The number of hydrazine groups is 1. The third kappa shape index (κ3) is 1.08. The Balaban J connectivity index is 2.36. The van der Waals surface area contributed by atoms with Crippen molar-refractivity contribution < 1.29 is 0 Å². The summed E-state index contributed by atoms with van der Waals surface area (Å²) in [6.45, 7) is 1.12. The number of hydrogen-bond donors (Lipinski definition) is 0. The zero-order valence-electron chi connectivity index (χ0n) is 7.62. The molecule has 2 nitrogen and oxygen atoms in total. The molecule has 2 heteroatoms. The van der Waals surface area contributed by atoms with Crippen LogP contribution >= 0.6 is 0 Å². The molecule has 0 bridgehead atoms. The van der Waals surface area contributed by atoms with Crippen molar-refractivity contribution in [2.75, 3.05) is 25.6 Å². The summed E-state index contributed by atoms with van der Waals surface area (Å²) in [7, 11) is 4.17. The van der Waals surface area contributed by atoms with Crippen molar-refractivity contribution in [1.82, 2.24) is 5.01 Å². The van der Waals surface area contributed by atoms with Gasteiger partial charge in [0.15, 0.2) is 0 Å². The standard InChI is InChI=1S/C10H14N2/c1-11(2)12-8-7-9-5-3-4-6-10(9)12/h3-6H,7-8H2,1-2H3. The van der Waals surface area contributed by atoms with E-state index in [-0.39, 0.29) is 0 Å². The van der Waals surface area contributed by atoms with E-state index in [1.807, 2.05) is 0 Å². The Morgan fingerprint density at radius 3 is 2.75 bits per heavy atom. The third-order valence-corrected chi connectivity index (χ3v) is 2.35. The maximum absolute atomic E-state index is 2.30. The zero-order chi connectivity index (χ0) is 8.55. The van der Waals surface area contributed by atoms with Crippen LogP contribution in [0.3, 0.4) is 0 Å². The maximum atomic E-state index is 2.30. The van der Waals surface area contributed by atoms with E-state index in [0.717, 1.165) is 6.54 Å². The predicted octanol–water partition coefficient (Wildman–Crippen LogP) is 1.53. The lowest BCUT2D eigenvalue weighted by Gasteiger charge is -2.26. The highest BCUT2D eigenvalue weighted by molar-refractivity contribution is 5.56. The molecule has 1 aliphatic heterocycles. The van der Waals surface area contributed by atoms with Gasteiger partial charge in [-0.05, 0) is 18.1 Å². The van der Waals surface area contributed by atoms with Gasteiger partial charge in [-0.25, -0.2) is 5.01 Å². The predicted molar refractivity (Wildman–Crippen MR) is 51.2 cm³/mol. The Kier molecular flexibility index (Phi) is 1.77. The highest BCUT2D eigenvalue weighted by Gasteiger charge is 2.18. The number of rotatable bonds is 1. The fourth-order valence-electron chi connectivity index (χ4n) is 1.74. The fraction of sp³-hybridized carbons (Fsp3) is 0.400. The highest BCUT2D eigenvalue weighted by atomic mass is 15.6. The summed E-state index contributed by atoms with van der Waals surface area (Å²) in [5, 5.41) is 4.45. The van der Waals surface area contributed by atoms with Crippen LogP contribution in [0.25, 0.3) is 0 Å².